The molecule has 12 aromatic rings. The summed E-state index contributed by atoms with van der Waals surface area (Å²) in [4.78, 5) is 2.40. The van der Waals surface area contributed by atoms with Gasteiger partial charge in [-0.15, -0.1) is 11.3 Å². The van der Waals surface area contributed by atoms with Gasteiger partial charge in [0.05, 0.1) is 11.1 Å². The molecule has 0 aliphatic rings. The Hall–Kier alpha value is -7.46. The number of fused-ring (bicyclic) bond motifs is 9. The van der Waals surface area contributed by atoms with E-state index in [0.717, 1.165) is 50.0 Å². The van der Waals surface area contributed by atoms with Crippen LogP contribution in [0.25, 0.3) is 97.0 Å². The van der Waals surface area contributed by atoms with Crippen LogP contribution in [0.5, 0.6) is 0 Å². The third kappa shape index (κ3) is 5.55. The fraction of sp³-hybridized carbons (Fsp3) is 0. The monoisotopic (exact) mass is 769 g/mol. The van der Waals surface area contributed by atoms with Crippen molar-refractivity contribution >= 4 is 92.1 Å². The first-order valence-electron chi connectivity index (χ1n) is 20.1. The Morgan fingerprint density at radius 1 is 0.356 bits per heavy atom. The van der Waals surface area contributed by atoms with Crippen LogP contribution in [0.4, 0.5) is 17.1 Å². The maximum atomic E-state index is 6.73. The molecule has 2 nitrogen and oxygen atoms in total. The van der Waals surface area contributed by atoms with Crippen molar-refractivity contribution in [2.45, 2.75) is 0 Å². The number of anilines is 3. The molecule has 0 saturated carbocycles. The molecule has 0 N–H and O–H groups in total. The highest BCUT2D eigenvalue weighted by molar-refractivity contribution is 7.25. The fourth-order valence-corrected chi connectivity index (χ4v) is 10.2. The number of thiophene rings is 1. The maximum absolute atomic E-state index is 6.73. The highest BCUT2D eigenvalue weighted by Crippen LogP contribution is 2.46. The molecule has 0 saturated heterocycles. The Morgan fingerprint density at radius 2 is 1.03 bits per heavy atom. The van der Waals surface area contributed by atoms with Crippen molar-refractivity contribution in [3.8, 4) is 33.4 Å². The summed E-state index contributed by atoms with van der Waals surface area (Å²) in [5.74, 6) is 0. The second-order valence-corrected chi connectivity index (χ2v) is 16.3. The Morgan fingerprint density at radius 3 is 1.90 bits per heavy atom. The van der Waals surface area contributed by atoms with Gasteiger partial charge in [-0.2, -0.15) is 0 Å². The van der Waals surface area contributed by atoms with E-state index in [-0.39, 0.29) is 0 Å². The lowest BCUT2D eigenvalue weighted by molar-refractivity contribution is 0.672. The highest BCUT2D eigenvalue weighted by Gasteiger charge is 2.21. The quantitative estimate of drug-likeness (QED) is 0.167. The van der Waals surface area contributed by atoms with E-state index >= 15 is 0 Å². The number of hydrogen-bond donors (Lipinski definition) is 0. The Balaban J connectivity index is 1.05. The van der Waals surface area contributed by atoms with E-state index in [9.17, 15) is 0 Å². The van der Waals surface area contributed by atoms with E-state index in [1.165, 1.54) is 64.1 Å². The molecular weight excluding hydrogens is 735 g/mol. The summed E-state index contributed by atoms with van der Waals surface area (Å²) in [6.45, 7) is 0. The lowest BCUT2D eigenvalue weighted by Gasteiger charge is -2.27. The second kappa shape index (κ2) is 13.6. The molecule has 2 aromatic heterocycles. The summed E-state index contributed by atoms with van der Waals surface area (Å²) >= 11 is 1.86. The fourth-order valence-electron chi connectivity index (χ4n) is 9.11. The summed E-state index contributed by atoms with van der Waals surface area (Å²) in [6.07, 6.45) is 0. The zero-order chi connectivity index (χ0) is 38.9. The van der Waals surface area contributed by atoms with E-state index in [1.807, 2.05) is 11.3 Å². The largest absolute Gasteiger partial charge is 0.455 e. The van der Waals surface area contributed by atoms with Gasteiger partial charge in [0.15, 0.2) is 0 Å². The number of furan rings is 1. The Bertz CT molecular complexity index is 3550. The molecule has 0 amide bonds. The number of benzene rings is 10. The van der Waals surface area contributed by atoms with Gasteiger partial charge in [0, 0.05) is 42.3 Å². The minimum Gasteiger partial charge on any atom is -0.455 e. The molecule has 0 radical (unpaired) electrons. The predicted octanol–water partition coefficient (Wildman–Crippen LogP) is 16.7. The first kappa shape index (κ1) is 33.7. The van der Waals surface area contributed by atoms with Crippen LogP contribution in [0.1, 0.15) is 0 Å². The molecule has 0 bridgehead atoms. The zero-order valence-electron chi connectivity index (χ0n) is 32.0. The van der Waals surface area contributed by atoms with E-state index in [1.54, 1.807) is 0 Å². The summed E-state index contributed by atoms with van der Waals surface area (Å²) in [5, 5.41) is 9.56. The molecule has 276 valence electrons. The van der Waals surface area contributed by atoms with Crippen molar-refractivity contribution < 1.29 is 4.42 Å². The second-order valence-electron chi connectivity index (χ2n) is 15.2. The van der Waals surface area contributed by atoms with Crippen LogP contribution in [0.2, 0.25) is 0 Å². The third-order valence-electron chi connectivity index (χ3n) is 11.8. The summed E-state index contributed by atoms with van der Waals surface area (Å²) in [6, 6.07) is 77.0. The highest BCUT2D eigenvalue weighted by atomic mass is 32.1. The molecule has 0 aliphatic heterocycles. The van der Waals surface area contributed by atoms with Crippen molar-refractivity contribution in [2.24, 2.45) is 0 Å². The molecule has 59 heavy (non-hydrogen) atoms. The van der Waals surface area contributed by atoms with Gasteiger partial charge in [0.1, 0.15) is 11.2 Å². The Labute approximate surface area is 345 Å². The van der Waals surface area contributed by atoms with Crippen LogP contribution in [-0.2, 0) is 0 Å². The third-order valence-corrected chi connectivity index (χ3v) is 13.0. The predicted molar refractivity (Wildman–Crippen MR) is 253 cm³/mol. The van der Waals surface area contributed by atoms with Gasteiger partial charge in [-0.1, -0.05) is 152 Å². The van der Waals surface area contributed by atoms with Gasteiger partial charge in [-0.25, -0.2) is 0 Å². The molecule has 0 unspecified atom stereocenters. The topological polar surface area (TPSA) is 16.4 Å². The molecular formula is C56H35NOS. The smallest absolute Gasteiger partial charge is 0.143 e. The molecule has 0 aliphatic carbocycles. The van der Waals surface area contributed by atoms with E-state index in [2.05, 4.69) is 217 Å². The van der Waals surface area contributed by atoms with Gasteiger partial charge < -0.3 is 9.32 Å². The average molecular weight is 770 g/mol. The van der Waals surface area contributed by atoms with E-state index < -0.39 is 0 Å². The molecule has 0 spiro atoms. The van der Waals surface area contributed by atoms with Crippen molar-refractivity contribution in [3.63, 3.8) is 0 Å². The standard InChI is InChI=1S/C56H35NOS/c1-2-12-37(13-3-1)44-21-9-15-39-16-10-22-45(54(39)44)41-17-8-18-43(34-41)57(50-23-11-24-51-55(50)48-32-28-38-14-4-5-19-46(38)56(48)58-51)42-30-26-36(27-31-42)40-29-33-53-49(35-40)47-20-6-7-25-52(47)59-53/h1-35H. The van der Waals surface area contributed by atoms with Gasteiger partial charge in [-0.3, -0.25) is 0 Å². The Kier molecular flexibility index (Phi) is 7.75. The zero-order valence-corrected chi connectivity index (χ0v) is 32.8. The van der Waals surface area contributed by atoms with Crippen molar-refractivity contribution in [3.05, 3.63) is 212 Å². The molecule has 2 heterocycles. The van der Waals surface area contributed by atoms with Gasteiger partial charge in [0.25, 0.3) is 0 Å². The van der Waals surface area contributed by atoms with Crippen LogP contribution < -0.4 is 4.90 Å². The minimum atomic E-state index is 0.865. The van der Waals surface area contributed by atoms with Crippen LogP contribution in [-0.4, -0.2) is 0 Å². The van der Waals surface area contributed by atoms with Crippen molar-refractivity contribution in [2.75, 3.05) is 4.90 Å². The molecule has 12 rings (SSSR count). The first-order valence-corrected chi connectivity index (χ1v) is 20.9. The van der Waals surface area contributed by atoms with Crippen LogP contribution >= 0.6 is 11.3 Å². The van der Waals surface area contributed by atoms with Gasteiger partial charge in [0.2, 0.25) is 0 Å². The van der Waals surface area contributed by atoms with Crippen molar-refractivity contribution in [1.29, 1.82) is 0 Å². The van der Waals surface area contributed by atoms with Crippen molar-refractivity contribution in [1.82, 2.24) is 0 Å². The average Bonchev–Trinajstić information content (AvgIpc) is 3.88. The normalized spacial score (nSPS) is 11.7. The molecule has 0 fully saturated rings. The summed E-state index contributed by atoms with van der Waals surface area (Å²) in [7, 11) is 0. The minimum absolute atomic E-state index is 0.865. The molecule has 3 heteroatoms. The lowest BCUT2D eigenvalue weighted by atomic mass is 9.91. The van der Waals surface area contributed by atoms with Crippen LogP contribution in [0.15, 0.2) is 217 Å². The maximum Gasteiger partial charge on any atom is 0.143 e. The number of hydrogen-bond acceptors (Lipinski definition) is 3. The summed E-state index contributed by atoms with van der Waals surface area (Å²) in [5.41, 5.74) is 12.2. The van der Waals surface area contributed by atoms with Gasteiger partial charge in [-0.05, 0) is 110 Å². The molecule has 10 aromatic carbocycles. The van der Waals surface area contributed by atoms with Gasteiger partial charge >= 0.3 is 0 Å². The van der Waals surface area contributed by atoms with E-state index in [0.29, 0.717) is 0 Å². The number of rotatable bonds is 6. The van der Waals surface area contributed by atoms with E-state index in [4.69, 9.17) is 4.42 Å². The van der Waals surface area contributed by atoms with Crippen LogP contribution in [0.3, 0.4) is 0 Å². The van der Waals surface area contributed by atoms with Crippen LogP contribution in [0, 0.1) is 0 Å². The molecule has 0 atom stereocenters. The first-order chi connectivity index (χ1) is 29.2. The summed E-state index contributed by atoms with van der Waals surface area (Å²) < 4.78 is 9.37. The lowest BCUT2D eigenvalue weighted by Crippen LogP contribution is -2.10. The number of nitrogens with zero attached hydrogens (tertiary/aromatic N) is 1. The SMILES string of the molecule is c1ccc(-c2cccc3cccc(-c4cccc(N(c5ccc(-c6ccc7sc8ccccc8c7c6)cc5)c5cccc6oc7c8ccccc8ccc7c56)c4)c23)cc1.